The largest absolute Gasteiger partial charge is 0.476 e. The summed E-state index contributed by atoms with van der Waals surface area (Å²) >= 11 is 6.09. The highest BCUT2D eigenvalue weighted by atomic mass is 35.5. The van der Waals surface area contributed by atoms with Gasteiger partial charge in [-0.2, -0.15) is 0 Å². The number of hydrogen-bond donors (Lipinski definition) is 0. The standard InChI is InChI=1S/C21H23ClN4O/c22-17-7-4-6-16(14-17)20-24-15-19(25-20)18-8-5-9-23-21(18)27-13-12-26-10-2-1-3-11-26/h4-9,14H,1-3,10-13,15H2. The van der Waals surface area contributed by atoms with E-state index in [1.807, 2.05) is 36.4 Å². The highest BCUT2D eigenvalue weighted by molar-refractivity contribution is 6.31. The fourth-order valence-electron chi connectivity index (χ4n) is 3.46. The van der Waals surface area contributed by atoms with Crippen molar-refractivity contribution in [2.75, 3.05) is 32.8 Å². The Balaban J connectivity index is 1.44. The fourth-order valence-corrected chi connectivity index (χ4v) is 3.65. The van der Waals surface area contributed by atoms with Crippen LogP contribution in [0.5, 0.6) is 5.88 Å². The van der Waals surface area contributed by atoms with Gasteiger partial charge in [0.15, 0.2) is 5.84 Å². The molecule has 6 heteroatoms. The predicted molar refractivity (Wildman–Crippen MR) is 109 cm³/mol. The van der Waals surface area contributed by atoms with Crippen molar-refractivity contribution in [1.29, 1.82) is 0 Å². The second-order valence-corrected chi connectivity index (χ2v) is 7.25. The Labute approximate surface area is 164 Å². The highest BCUT2D eigenvalue weighted by Crippen LogP contribution is 2.21. The molecule has 27 heavy (non-hydrogen) atoms. The summed E-state index contributed by atoms with van der Waals surface area (Å²) in [6.45, 7) is 4.44. The maximum atomic E-state index is 6.09. The summed E-state index contributed by atoms with van der Waals surface area (Å²) in [6.07, 6.45) is 5.68. The van der Waals surface area contributed by atoms with Gasteiger partial charge in [0.05, 0.1) is 17.8 Å². The first-order valence-corrected chi connectivity index (χ1v) is 9.86. The van der Waals surface area contributed by atoms with Crippen molar-refractivity contribution < 1.29 is 4.74 Å². The number of aromatic nitrogens is 1. The van der Waals surface area contributed by atoms with E-state index in [1.54, 1.807) is 6.20 Å². The first kappa shape index (κ1) is 18.1. The number of piperidine rings is 1. The number of amidine groups is 1. The van der Waals surface area contributed by atoms with Crippen molar-refractivity contribution in [3.63, 3.8) is 0 Å². The summed E-state index contributed by atoms with van der Waals surface area (Å²) in [7, 11) is 0. The van der Waals surface area contributed by atoms with Crippen LogP contribution >= 0.6 is 11.6 Å². The van der Waals surface area contributed by atoms with Crippen LogP contribution in [0.3, 0.4) is 0 Å². The van der Waals surface area contributed by atoms with Crippen molar-refractivity contribution in [3.8, 4) is 5.88 Å². The Kier molecular flexibility index (Phi) is 5.80. The van der Waals surface area contributed by atoms with Crippen LogP contribution in [0.15, 0.2) is 52.6 Å². The van der Waals surface area contributed by atoms with E-state index < -0.39 is 0 Å². The van der Waals surface area contributed by atoms with Gasteiger partial charge in [-0.05, 0) is 50.2 Å². The monoisotopic (exact) mass is 382 g/mol. The first-order valence-electron chi connectivity index (χ1n) is 9.48. The lowest BCUT2D eigenvalue weighted by Gasteiger charge is -2.26. The van der Waals surface area contributed by atoms with Crippen molar-refractivity contribution in [2.45, 2.75) is 19.3 Å². The number of benzene rings is 1. The summed E-state index contributed by atoms with van der Waals surface area (Å²) in [5, 5.41) is 0.682. The van der Waals surface area contributed by atoms with Gasteiger partial charge in [-0.1, -0.05) is 30.2 Å². The molecule has 3 heterocycles. The molecule has 0 radical (unpaired) electrons. The van der Waals surface area contributed by atoms with E-state index in [0.29, 0.717) is 29.9 Å². The van der Waals surface area contributed by atoms with Gasteiger partial charge in [0, 0.05) is 23.3 Å². The minimum atomic E-state index is 0.524. The Morgan fingerprint density at radius 3 is 2.81 bits per heavy atom. The molecule has 0 spiro atoms. The van der Waals surface area contributed by atoms with Crippen LogP contribution in [-0.2, 0) is 0 Å². The molecule has 2 aromatic rings. The SMILES string of the molecule is Clc1cccc(C2=NCC(c3cccnc3OCCN3CCCCC3)=N2)c1. The third-order valence-electron chi connectivity index (χ3n) is 4.88. The topological polar surface area (TPSA) is 50.1 Å². The van der Waals surface area contributed by atoms with E-state index >= 15 is 0 Å². The minimum absolute atomic E-state index is 0.524. The summed E-state index contributed by atoms with van der Waals surface area (Å²) in [4.78, 5) is 16.2. The Hall–Kier alpha value is -2.24. The Morgan fingerprint density at radius 1 is 1.07 bits per heavy atom. The van der Waals surface area contributed by atoms with E-state index in [4.69, 9.17) is 21.3 Å². The fraction of sp³-hybridized carbons (Fsp3) is 0.381. The van der Waals surface area contributed by atoms with Crippen molar-refractivity contribution in [2.24, 2.45) is 9.98 Å². The molecule has 1 saturated heterocycles. The molecule has 0 bridgehead atoms. The molecule has 1 fully saturated rings. The zero-order valence-electron chi connectivity index (χ0n) is 15.3. The van der Waals surface area contributed by atoms with Crippen molar-refractivity contribution in [3.05, 3.63) is 58.7 Å². The first-order chi connectivity index (χ1) is 13.3. The van der Waals surface area contributed by atoms with Gasteiger partial charge in [-0.25, -0.2) is 9.98 Å². The summed E-state index contributed by atoms with van der Waals surface area (Å²) < 4.78 is 6.01. The van der Waals surface area contributed by atoms with E-state index in [2.05, 4.69) is 14.9 Å². The molecule has 2 aliphatic heterocycles. The van der Waals surface area contributed by atoms with E-state index in [0.717, 1.165) is 23.4 Å². The van der Waals surface area contributed by atoms with Crippen molar-refractivity contribution >= 4 is 23.1 Å². The van der Waals surface area contributed by atoms with Gasteiger partial charge in [0.1, 0.15) is 6.61 Å². The molecule has 1 aromatic carbocycles. The van der Waals surface area contributed by atoms with Crippen LogP contribution in [0.25, 0.3) is 0 Å². The number of nitrogens with zero attached hydrogens (tertiary/aromatic N) is 4. The number of pyridine rings is 1. The maximum Gasteiger partial charge on any atom is 0.222 e. The highest BCUT2D eigenvalue weighted by Gasteiger charge is 2.18. The van der Waals surface area contributed by atoms with Crippen LogP contribution < -0.4 is 4.74 Å². The third kappa shape index (κ3) is 4.54. The average molecular weight is 383 g/mol. The lowest BCUT2D eigenvalue weighted by molar-refractivity contribution is 0.180. The van der Waals surface area contributed by atoms with Gasteiger partial charge < -0.3 is 4.74 Å². The quantitative estimate of drug-likeness (QED) is 0.762. The van der Waals surface area contributed by atoms with Crippen LogP contribution in [0, 0.1) is 0 Å². The zero-order chi connectivity index (χ0) is 18.5. The number of aliphatic imine (C=N–C) groups is 2. The molecule has 4 rings (SSSR count). The second-order valence-electron chi connectivity index (χ2n) is 6.82. The molecule has 0 atom stereocenters. The van der Waals surface area contributed by atoms with E-state index in [9.17, 15) is 0 Å². The van der Waals surface area contributed by atoms with Crippen LogP contribution in [0.2, 0.25) is 5.02 Å². The van der Waals surface area contributed by atoms with E-state index in [-0.39, 0.29) is 0 Å². The third-order valence-corrected chi connectivity index (χ3v) is 5.11. The van der Waals surface area contributed by atoms with E-state index in [1.165, 1.54) is 32.4 Å². The minimum Gasteiger partial charge on any atom is -0.476 e. The smallest absolute Gasteiger partial charge is 0.222 e. The molecule has 5 nitrogen and oxygen atoms in total. The van der Waals surface area contributed by atoms with Gasteiger partial charge in [-0.15, -0.1) is 0 Å². The molecule has 0 unspecified atom stereocenters. The number of rotatable bonds is 6. The summed E-state index contributed by atoms with van der Waals surface area (Å²) in [5.74, 6) is 1.34. The number of halogens is 1. The molecule has 1 aromatic heterocycles. The lowest BCUT2D eigenvalue weighted by Crippen LogP contribution is -2.33. The number of hydrogen-bond acceptors (Lipinski definition) is 5. The normalized spacial score (nSPS) is 17.5. The Morgan fingerprint density at radius 2 is 1.96 bits per heavy atom. The molecule has 0 N–H and O–H groups in total. The molecule has 0 amide bonds. The molecular weight excluding hydrogens is 360 g/mol. The number of likely N-dealkylation sites (tertiary alicyclic amines) is 1. The maximum absolute atomic E-state index is 6.09. The molecule has 2 aliphatic rings. The average Bonchev–Trinajstić information content (AvgIpc) is 3.19. The predicted octanol–water partition coefficient (Wildman–Crippen LogP) is 3.85. The molecule has 140 valence electrons. The zero-order valence-corrected chi connectivity index (χ0v) is 16.0. The van der Waals surface area contributed by atoms with Crippen molar-refractivity contribution in [1.82, 2.24) is 9.88 Å². The second kappa shape index (κ2) is 8.63. The molecule has 0 saturated carbocycles. The van der Waals surface area contributed by atoms with Crippen LogP contribution in [-0.4, -0.2) is 54.2 Å². The van der Waals surface area contributed by atoms with Gasteiger partial charge >= 0.3 is 0 Å². The van der Waals surface area contributed by atoms with Gasteiger partial charge in [-0.3, -0.25) is 9.89 Å². The summed E-state index contributed by atoms with van der Waals surface area (Å²) in [5.41, 5.74) is 2.72. The van der Waals surface area contributed by atoms with Gasteiger partial charge in [0.2, 0.25) is 5.88 Å². The molecular formula is C21H23ClN4O. The summed E-state index contributed by atoms with van der Waals surface area (Å²) in [6, 6.07) is 11.5. The van der Waals surface area contributed by atoms with Crippen LogP contribution in [0.1, 0.15) is 30.4 Å². The number of ether oxygens (including phenoxy) is 1. The Bertz CT molecular complexity index is 859. The molecule has 0 aliphatic carbocycles. The van der Waals surface area contributed by atoms with Gasteiger partial charge in [0.25, 0.3) is 0 Å². The van der Waals surface area contributed by atoms with Crippen LogP contribution in [0.4, 0.5) is 0 Å². The lowest BCUT2D eigenvalue weighted by atomic mass is 10.1.